The van der Waals surface area contributed by atoms with E-state index in [9.17, 15) is 4.79 Å². The lowest BCUT2D eigenvalue weighted by molar-refractivity contribution is -0.134. The number of anilines is 2. The molecule has 3 N–H and O–H groups in total. The standard InChI is InChI=1S/C14H25N5O2/c1-10(2)13-12(15)14(18(3)17-13)16-5-4-11(20)19-6-8-21-9-7-19/h10,16H,4-9,15H2,1-3H3. The van der Waals surface area contributed by atoms with Gasteiger partial charge >= 0.3 is 0 Å². The van der Waals surface area contributed by atoms with Crippen molar-refractivity contribution in [3.63, 3.8) is 0 Å². The molecule has 7 nitrogen and oxygen atoms in total. The number of rotatable bonds is 5. The van der Waals surface area contributed by atoms with Crippen molar-refractivity contribution in [1.82, 2.24) is 14.7 Å². The topological polar surface area (TPSA) is 85.4 Å². The predicted octanol–water partition coefficient (Wildman–Crippen LogP) is 0.787. The zero-order valence-electron chi connectivity index (χ0n) is 13.1. The van der Waals surface area contributed by atoms with Gasteiger partial charge in [0.25, 0.3) is 0 Å². The Balaban J connectivity index is 1.87. The number of nitrogens with two attached hydrogens (primary N) is 1. The van der Waals surface area contributed by atoms with Crippen LogP contribution in [0, 0.1) is 0 Å². The summed E-state index contributed by atoms with van der Waals surface area (Å²) in [5, 5.41) is 7.64. The summed E-state index contributed by atoms with van der Waals surface area (Å²) in [6, 6.07) is 0. The number of amides is 1. The lowest BCUT2D eigenvalue weighted by atomic mass is 10.1. The largest absolute Gasteiger partial charge is 0.394 e. The van der Waals surface area contributed by atoms with Gasteiger partial charge in [-0.15, -0.1) is 0 Å². The van der Waals surface area contributed by atoms with Gasteiger partial charge in [-0.3, -0.25) is 9.48 Å². The molecule has 2 rings (SSSR count). The molecular formula is C14H25N5O2. The molecule has 1 fully saturated rings. The molecule has 1 amide bonds. The van der Waals surface area contributed by atoms with E-state index in [2.05, 4.69) is 24.3 Å². The van der Waals surface area contributed by atoms with Gasteiger partial charge in [0.05, 0.1) is 24.6 Å². The highest BCUT2D eigenvalue weighted by Gasteiger charge is 2.18. The summed E-state index contributed by atoms with van der Waals surface area (Å²) in [6.45, 7) is 7.30. The Kier molecular flexibility index (Phi) is 5.06. The minimum Gasteiger partial charge on any atom is -0.394 e. The Morgan fingerprint density at radius 1 is 1.43 bits per heavy atom. The van der Waals surface area contributed by atoms with Crippen molar-refractivity contribution in [3.8, 4) is 0 Å². The van der Waals surface area contributed by atoms with Gasteiger partial charge in [-0.05, 0) is 5.92 Å². The third-order valence-electron chi connectivity index (χ3n) is 3.65. The van der Waals surface area contributed by atoms with E-state index < -0.39 is 0 Å². The summed E-state index contributed by atoms with van der Waals surface area (Å²) >= 11 is 0. The Bertz CT molecular complexity index is 492. The molecule has 0 aliphatic carbocycles. The number of nitrogens with zero attached hydrogens (tertiary/aromatic N) is 3. The van der Waals surface area contributed by atoms with Crippen LogP contribution in [0.1, 0.15) is 31.9 Å². The number of aromatic nitrogens is 2. The molecule has 118 valence electrons. The van der Waals surface area contributed by atoms with Gasteiger partial charge in [-0.2, -0.15) is 5.10 Å². The molecule has 1 aliphatic rings. The van der Waals surface area contributed by atoms with E-state index in [1.807, 2.05) is 11.9 Å². The van der Waals surface area contributed by atoms with Crippen LogP contribution in [0.25, 0.3) is 0 Å². The number of hydrogen-bond acceptors (Lipinski definition) is 5. The zero-order valence-corrected chi connectivity index (χ0v) is 13.1. The Morgan fingerprint density at radius 2 is 2.10 bits per heavy atom. The summed E-state index contributed by atoms with van der Waals surface area (Å²) in [7, 11) is 1.86. The molecule has 1 saturated heterocycles. The third-order valence-corrected chi connectivity index (χ3v) is 3.65. The van der Waals surface area contributed by atoms with E-state index in [-0.39, 0.29) is 11.8 Å². The van der Waals surface area contributed by atoms with Gasteiger partial charge in [0.2, 0.25) is 5.91 Å². The van der Waals surface area contributed by atoms with Crippen molar-refractivity contribution in [3.05, 3.63) is 5.69 Å². The molecule has 1 aromatic rings. The molecule has 2 heterocycles. The molecule has 1 aliphatic heterocycles. The Hall–Kier alpha value is -1.76. The number of carbonyl (C=O) groups excluding carboxylic acids is 1. The van der Waals surface area contributed by atoms with Gasteiger partial charge in [0.15, 0.2) is 0 Å². The molecular weight excluding hydrogens is 270 g/mol. The molecule has 0 saturated carbocycles. The Morgan fingerprint density at radius 3 is 2.67 bits per heavy atom. The normalized spacial score (nSPS) is 15.5. The molecule has 0 radical (unpaired) electrons. The summed E-state index contributed by atoms with van der Waals surface area (Å²) in [5.74, 6) is 1.21. The van der Waals surface area contributed by atoms with Gasteiger partial charge in [0.1, 0.15) is 5.82 Å². The van der Waals surface area contributed by atoms with E-state index in [1.165, 1.54) is 0 Å². The number of morpholine rings is 1. The smallest absolute Gasteiger partial charge is 0.224 e. The zero-order chi connectivity index (χ0) is 15.4. The van der Waals surface area contributed by atoms with Crippen molar-refractivity contribution in [2.45, 2.75) is 26.2 Å². The second kappa shape index (κ2) is 6.80. The number of nitrogen functional groups attached to an aromatic ring is 1. The highest BCUT2D eigenvalue weighted by Crippen LogP contribution is 2.27. The SMILES string of the molecule is CC(C)c1nn(C)c(NCCC(=O)N2CCOCC2)c1N. The summed E-state index contributed by atoms with van der Waals surface area (Å²) < 4.78 is 6.98. The monoisotopic (exact) mass is 295 g/mol. The van der Waals surface area contributed by atoms with Gasteiger partial charge in [-0.25, -0.2) is 0 Å². The van der Waals surface area contributed by atoms with Gasteiger partial charge < -0.3 is 20.7 Å². The van der Waals surface area contributed by atoms with Gasteiger partial charge in [-0.1, -0.05) is 13.8 Å². The van der Waals surface area contributed by atoms with Crippen LogP contribution in [0.3, 0.4) is 0 Å². The van der Waals surface area contributed by atoms with Crippen LogP contribution in [-0.2, 0) is 16.6 Å². The highest BCUT2D eigenvalue weighted by atomic mass is 16.5. The minimum atomic E-state index is 0.149. The number of aryl methyl sites for hydroxylation is 1. The van der Waals surface area contributed by atoms with Crippen molar-refractivity contribution >= 4 is 17.4 Å². The number of nitrogens with one attached hydrogen (secondary N) is 1. The quantitative estimate of drug-likeness (QED) is 0.838. The van der Waals surface area contributed by atoms with Crippen LogP contribution in [0.2, 0.25) is 0 Å². The summed E-state index contributed by atoms with van der Waals surface area (Å²) in [4.78, 5) is 13.9. The summed E-state index contributed by atoms with van der Waals surface area (Å²) in [6.07, 6.45) is 0.446. The van der Waals surface area contributed by atoms with Crippen LogP contribution in [0.15, 0.2) is 0 Å². The van der Waals surface area contributed by atoms with Crippen LogP contribution >= 0.6 is 0 Å². The van der Waals surface area contributed by atoms with Crippen molar-refractivity contribution < 1.29 is 9.53 Å². The van der Waals surface area contributed by atoms with Gasteiger partial charge in [0, 0.05) is 33.1 Å². The van der Waals surface area contributed by atoms with E-state index in [1.54, 1.807) is 4.68 Å². The first-order chi connectivity index (χ1) is 10.0. The van der Waals surface area contributed by atoms with Crippen LogP contribution in [-0.4, -0.2) is 53.4 Å². The van der Waals surface area contributed by atoms with Crippen LogP contribution in [0.5, 0.6) is 0 Å². The maximum Gasteiger partial charge on any atom is 0.224 e. The second-order valence-corrected chi connectivity index (χ2v) is 5.60. The minimum absolute atomic E-state index is 0.149. The van der Waals surface area contributed by atoms with E-state index in [0.717, 1.165) is 11.5 Å². The molecule has 0 bridgehead atoms. The molecule has 0 aromatic carbocycles. The first kappa shape index (κ1) is 15.6. The first-order valence-corrected chi connectivity index (χ1v) is 7.42. The molecule has 7 heteroatoms. The maximum absolute atomic E-state index is 12.0. The molecule has 0 atom stereocenters. The fourth-order valence-corrected chi connectivity index (χ4v) is 2.46. The van der Waals surface area contributed by atoms with Crippen molar-refractivity contribution in [2.24, 2.45) is 7.05 Å². The molecule has 21 heavy (non-hydrogen) atoms. The second-order valence-electron chi connectivity index (χ2n) is 5.60. The summed E-state index contributed by atoms with van der Waals surface area (Å²) in [5.41, 5.74) is 7.67. The first-order valence-electron chi connectivity index (χ1n) is 7.42. The predicted molar refractivity (Wildman–Crippen MR) is 82.2 cm³/mol. The maximum atomic E-state index is 12.0. The highest BCUT2D eigenvalue weighted by molar-refractivity contribution is 5.77. The van der Waals surface area contributed by atoms with E-state index in [4.69, 9.17) is 10.5 Å². The molecule has 1 aromatic heterocycles. The lowest BCUT2D eigenvalue weighted by Gasteiger charge is -2.26. The van der Waals surface area contributed by atoms with Crippen molar-refractivity contribution in [1.29, 1.82) is 0 Å². The fourth-order valence-electron chi connectivity index (χ4n) is 2.46. The van der Waals surface area contributed by atoms with E-state index >= 15 is 0 Å². The van der Waals surface area contributed by atoms with E-state index in [0.29, 0.717) is 45.0 Å². The number of hydrogen-bond donors (Lipinski definition) is 2. The fraction of sp³-hybridized carbons (Fsp3) is 0.714. The lowest BCUT2D eigenvalue weighted by Crippen LogP contribution is -2.41. The molecule has 0 unspecified atom stereocenters. The third kappa shape index (κ3) is 3.66. The number of carbonyl (C=O) groups is 1. The van der Waals surface area contributed by atoms with Crippen LogP contribution < -0.4 is 11.1 Å². The van der Waals surface area contributed by atoms with Crippen LogP contribution in [0.4, 0.5) is 11.5 Å². The van der Waals surface area contributed by atoms with Crippen molar-refractivity contribution in [2.75, 3.05) is 43.9 Å². The Labute approximate surface area is 125 Å². The molecule has 0 spiro atoms. The number of ether oxygens (including phenoxy) is 1. The average molecular weight is 295 g/mol. The average Bonchev–Trinajstić information content (AvgIpc) is 2.76.